The molecule has 11 N–H and O–H groups in total. The number of ether oxygens (including phenoxy) is 4. The van der Waals surface area contributed by atoms with E-state index in [0.29, 0.717) is 0 Å². The number of carbonyl (C=O) groups is 1. The number of rotatable bonds is 8. The molecule has 0 spiro atoms. The molecule has 2 fully saturated rings. The highest BCUT2D eigenvalue weighted by Gasteiger charge is 2.49. The minimum Gasteiger partial charge on any atom is -0.392 e. The number of aliphatic hydroxyl groups excluding tert-OH is 5. The fourth-order valence-electron chi connectivity index (χ4n) is 3.46. The van der Waals surface area contributed by atoms with Crippen molar-refractivity contribution in [3.8, 4) is 0 Å². The first-order chi connectivity index (χ1) is 14.4. The molecule has 0 radical (unpaired) electrons. The third-order valence-electron chi connectivity index (χ3n) is 5.81. The van der Waals surface area contributed by atoms with Crippen molar-refractivity contribution in [2.24, 2.45) is 17.2 Å². The first-order valence-corrected chi connectivity index (χ1v) is 10.1. The maximum Gasteiger partial charge on any atom is 0.187 e. The van der Waals surface area contributed by atoms with Gasteiger partial charge in [-0.05, 0) is 20.8 Å². The molecule has 2 rings (SSSR count). The lowest BCUT2D eigenvalue weighted by Gasteiger charge is -2.46. The molecule has 182 valence electrons. The predicted octanol–water partition coefficient (Wildman–Crippen LogP) is -4.75. The van der Waals surface area contributed by atoms with Crippen molar-refractivity contribution < 1.29 is 49.3 Å². The van der Waals surface area contributed by atoms with Crippen molar-refractivity contribution in [3.63, 3.8) is 0 Å². The van der Waals surface area contributed by atoms with E-state index in [1.165, 1.54) is 6.92 Å². The third-order valence-corrected chi connectivity index (χ3v) is 5.81. The molecule has 2 aliphatic rings. The number of hydrogen-bond acceptors (Lipinski definition) is 13. The van der Waals surface area contributed by atoms with Gasteiger partial charge in [0.2, 0.25) is 0 Å². The lowest BCUT2D eigenvalue weighted by Crippen LogP contribution is -2.66. The average Bonchev–Trinajstić information content (AvgIpc) is 2.73. The fraction of sp³-hybridized carbons (Fsp3) is 0.944. The van der Waals surface area contributed by atoms with Crippen LogP contribution in [0.15, 0.2) is 0 Å². The SMILES string of the molecule is C[C@@H](O)[C@@H](N)[C@H](O)[C@@H](C=O)O[C@H]1O[C@H](C)[C@@H](N)[C@H](O)[C@@H]1O[C@H]1O[C@H](C)[C@@H](N)[C@H](O)[C@@H]1O. The Morgan fingerprint density at radius 3 is 1.97 bits per heavy atom. The first kappa shape index (κ1) is 26.4. The summed E-state index contributed by atoms with van der Waals surface area (Å²) in [5.41, 5.74) is 17.4. The molecule has 14 atom stereocenters. The van der Waals surface area contributed by atoms with Gasteiger partial charge in [0.1, 0.15) is 36.6 Å². The second kappa shape index (κ2) is 10.9. The van der Waals surface area contributed by atoms with Crippen LogP contribution in [0.2, 0.25) is 0 Å². The molecule has 0 aromatic heterocycles. The lowest BCUT2D eigenvalue weighted by molar-refractivity contribution is -0.349. The number of aldehydes is 1. The molecule has 2 heterocycles. The Bertz CT molecular complexity index is 587. The van der Waals surface area contributed by atoms with Crippen molar-refractivity contribution >= 4 is 6.29 Å². The van der Waals surface area contributed by atoms with Crippen LogP contribution in [-0.4, -0.2) is 117 Å². The first-order valence-electron chi connectivity index (χ1n) is 10.1. The number of carbonyl (C=O) groups excluding carboxylic acids is 1. The highest BCUT2D eigenvalue weighted by Crippen LogP contribution is 2.29. The minimum atomic E-state index is -1.60. The van der Waals surface area contributed by atoms with E-state index in [-0.39, 0.29) is 6.29 Å². The number of hydrogen-bond donors (Lipinski definition) is 8. The minimum absolute atomic E-state index is 0.274. The summed E-state index contributed by atoms with van der Waals surface area (Å²) in [5, 5.41) is 50.9. The van der Waals surface area contributed by atoms with Crippen LogP contribution >= 0.6 is 0 Å². The molecule has 0 bridgehead atoms. The maximum atomic E-state index is 11.5. The molecule has 13 nitrogen and oxygen atoms in total. The topological polar surface area (TPSA) is 233 Å². The standard InChI is InChI=1S/C18H35N3O10/c1-5(23)9(19)12(24)8(4-22)30-18-16(14(26)11(21)7(3)29-18)31-17-15(27)13(25)10(20)6(2)28-17/h4-18,23-27H,19-21H2,1-3H3/t5-,6-,7-,8-,9-,10-,11-,12-,13+,14+,15+,16+,17-,18-/m1/s1. The Morgan fingerprint density at radius 1 is 0.935 bits per heavy atom. The van der Waals surface area contributed by atoms with E-state index in [1.807, 2.05) is 0 Å². The van der Waals surface area contributed by atoms with Crippen LogP contribution in [0, 0.1) is 0 Å². The largest absolute Gasteiger partial charge is 0.392 e. The van der Waals surface area contributed by atoms with E-state index in [0.717, 1.165) is 0 Å². The van der Waals surface area contributed by atoms with Gasteiger partial charge in [0.05, 0.1) is 36.4 Å². The van der Waals surface area contributed by atoms with Crippen LogP contribution in [0.5, 0.6) is 0 Å². The van der Waals surface area contributed by atoms with Crippen molar-refractivity contribution in [1.29, 1.82) is 0 Å². The van der Waals surface area contributed by atoms with Crippen LogP contribution in [0.25, 0.3) is 0 Å². The summed E-state index contributed by atoms with van der Waals surface area (Å²) in [6, 6.07) is -2.99. The van der Waals surface area contributed by atoms with Gasteiger partial charge in [-0.25, -0.2) is 0 Å². The summed E-state index contributed by atoms with van der Waals surface area (Å²) in [5.74, 6) is 0. The van der Waals surface area contributed by atoms with Crippen molar-refractivity contribution in [2.45, 2.75) is 106 Å². The zero-order valence-corrected chi connectivity index (χ0v) is 17.7. The van der Waals surface area contributed by atoms with Crippen molar-refractivity contribution in [1.82, 2.24) is 0 Å². The van der Waals surface area contributed by atoms with E-state index in [2.05, 4.69) is 0 Å². The smallest absolute Gasteiger partial charge is 0.187 e. The third kappa shape index (κ3) is 5.76. The molecule has 0 saturated carbocycles. The Balaban J connectivity index is 2.21. The van der Waals surface area contributed by atoms with Crippen LogP contribution in [0.4, 0.5) is 0 Å². The van der Waals surface area contributed by atoms with Gasteiger partial charge in [-0.1, -0.05) is 0 Å². The molecular weight excluding hydrogens is 418 g/mol. The van der Waals surface area contributed by atoms with Crippen LogP contribution in [0.1, 0.15) is 20.8 Å². The van der Waals surface area contributed by atoms with Gasteiger partial charge in [-0.3, -0.25) is 0 Å². The van der Waals surface area contributed by atoms with E-state index >= 15 is 0 Å². The molecule has 2 saturated heterocycles. The highest BCUT2D eigenvalue weighted by atomic mass is 16.8. The lowest BCUT2D eigenvalue weighted by atomic mass is 9.96. The van der Waals surface area contributed by atoms with E-state index in [1.54, 1.807) is 13.8 Å². The predicted molar refractivity (Wildman–Crippen MR) is 104 cm³/mol. The van der Waals surface area contributed by atoms with Gasteiger partial charge in [-0.2, -0.15) is 0 Å². The molecule has 13 heteroatoms. The zero-order valence-electron chi connectivity index (χ0n) is 17.7. The fourth-order valence-corrected chi connectivity index (χ4v) is 3.46. The van der Waals surface area contributed by atoms with Gasteiger partial charge < -0.3 is 66.5 Å². The van der Waals surface area contributed by atoms with Gasteiger partial charge in [0.15, 0.2) is 18.9 Å². The molecular formula is C18H35N3O10. The van der Waals surface area contributed by atoms with Gasteiger partial charge >= 0.3 is 0 Å². The molecule has 0 aliphatic carbocycles. The maximum absolute atomic E-state index is 11.5. The van der Waals surface area contributed by atoms with E-state index < -0.39 is 85.6 Å². The van der Waals surface area contributed by atoms with Crippen molar-refractivity contribution in [2.75, 3.05) is 0 Å². The van der Waals surface area contributed by atoms with Crippen LogP contribution in [0.3, 0.4) is 0 Å². The molecule has 0 aromatic rings. The normalized spacial score (nSPS) is 45.5. The summed E-state index contributed by atoms with van der Waals surface area (Å²) >= 11 is 0. The van der Waals surface area contributed by atoms with E-state index in [4.69, 9.17) is 36.1 Å². The Morgan fingerprint density at radius 2 is 1.45 bits per heavy atom. The van der Waals surface area contributed by atoms with Gasteiger partial charge in [0.25, 0.3) is 0 Å². The second-order valence-electron chi connectivity index (χ2n) is 8.19. The van der Waals surface area contributed by atoms with Crippen molar-refractivity contribution in [3.05, 3.63) is 0 Å². The summed E-state index contributed by atoms with van der Waals surface area (Å²) in [7, 11) is 0. The number of aliphatic hydroxyl groups is 5. The number of nitrogens with two attached hydrogens (primary N) is 3. The quantitative estimate of drug-likeness (QED) is 0.161. The highest BCUT2D eigenvalue weighted by molar-refractivity contribution is 5.57. The summed E-state index contributed by atoms with van der Waals surface area (Å²) in [6.07, 6.45) is -14.0. The van der Waals surface area contributed by atoms with Crippen LogP contribution in [-0.2, 0) is 23.7 Å². The van der Waals surface area contributed by atoms with Gasteiger partial charge in [-0.15, -0.1) is 0 Å². The Labute approximate surface area is 180 Å². The second-order valence-corrected chi connectivity index (χ2v) is 8.19. The van der Waals surface area contributed by atoms with E-state index in [9.17, 15) is 30.3 Å². The zero-order chi connectivity index (χ0) is 23.6. The Kier molecular flexibility index (Phi) is 9.27. The summed E-state index contributed by atoms with van der Waals surface area (Å²) in [6.45, 7) is 4.47. The molecule has 0 aromatic carbocycles. The summed E-state index contributed by atoms with van der Waals surface area (Å²) < 4.78 is 22.3. The summed E-state index contributed by atoms with van der Waals surface area (Å²) in [4.78, 5) is 11.5. The van der Waals surface area contributed by atoms with Gasteiger partial charge in [0, 0.05) is 0 Å². The monoisotopic (exact) mass is 453 g/mol. The average molecular weight is 453 g/mol. The van der Waals surface area contributed by atoms with Crippen LogP contribution < -0.4 is 17.2 Å². The molecule has 0 unspecified atom stereocenters. The molecule has 2 aliphatic heterocycles. The molecule has 0 amide bonds. The Hall–Kier alpha value is -0.810. The molecule has 31 heavy (non-hydrogen) atoms.